The Labute approximate surface area is 141 Å². The van der Waals surface area contributed by atoms with Crippen LogP contribution in [0.1, 0.15) is 17.1 Å². The summed E-state index contributed by atoms with van der Waals surface area (Å²) < 4.78 is 30.9. The molecule has 0 bridgehead atoms. The molecule has 1 N–H and O–H groups in total. The first-order valence-electron chi connectivity index (χ1n) is 7.07. The molecule has 1 aromatic carbocycles. The number of aryl methyl sites for hydroxylation is 1. The van der Waals surface area contributed by atoms with Crippen molar-refractivity contribution in [1.82, 2.24) is 14.3 Å². The van der Waals surface area contributed by atoms with Crippen molar-refractivity contribution >= 4 is 22.2 Å². The number of nitrogens with zero attached hydrogens (tertiary/aromatic N) is 3. The molecule has 2 aromatic rings. The molecule has 7 nitrogen and oxygen atoms in total. The predicted molar refractivity (Wildman–Crippen MR) is 91.2 cm³/mol. The number of ether oxygens (including phenoxy) is 1. The second kappa shape index (κ2) is 6.98. The number of aromatic nitrogens is 2. The smallest absolute Gasteiger partial charge is 0.242 e. The van der Waals surface area contributed by atoms with Gasteiger partial charge in [0.15, 0.2) is 5.82 Å². The third-order valence-corrected chi connectivity index (χ3v) is 5.06. The minimum absolute atomic E-state index is 0.127. The van der Waals surface area contributed by atoms with Gasteiger partial charge >= 0.3 is 0 Å². The Bertz CT molecular complexity index is 857. The van der Waals surface area contributed by atoms with Gasteiger partial charge < -0.3 is 9.84 Å². The van der Waals surface area contributed by atoms with Crippen LogP contribution in [0.15, 0.2) is 29.2 Å². The summed E-state index contributed by atoms with van der Waals surface area (Å²) in [5.41, 5.74) is 1.18. The van der Waals surface area contributed by atoms with E-state index in [2.05, 4.69) is 9.97 Å². The summed E-state index contributed by atoms with van der Waals surface area (Å²) in [6.45, 7) is 1.74. The van der Waals surface area contributed by atoms with Gasteiger partial charge in [-0.1, -0.05) is 0 Å². The van der Waals surface area contributed by atoms with E-state index < -0.39 is 10.0 Å². The van der Waals surface area contributed by atoms with Gasteiger partial charge in [-0.2, -0.15) is 4.98 Å². The van der Waals surface area contributed by atoms with E-state index in [1.54, 1.807) is 25.1 Å². The van der Waals surface area contributed by atoms with Gasteiger partial charge in [-0.05, 0) is 37.3 Å². The highest BCUT2D eigenvalue weighted by Crippen LogP contribution is 2.25. The molecule has 0 aliphatic carbocycles. The van der Waals surface area contributed by atoms with Crippen LogP contribution in [0.3, 0.4) is 0 Å². The van der Waals surface area contributed by atoms with E-state index in [0.717, 1.165) is 4.31 Å². The summed E-state index contributed by atoms with van der Waals surface area (Å²) in [4.78, 5) is 8.23. The van der Waals surface area contributed by atoms with Crippen LogP contribution < -0.4 is 4.74 Å². The van der Waals surface area contributed by atoms with Gasteiger partial charge in [-0.3, -0.25) is 0 Å². The lowest BCUT2D eigenvalue weighted by atomic mass is 10.2. The molecule has 0 fully saturated rings. The van der Waals surface area contributed by atoms with Crippen LogP contribution >= 0.6 is 0 Å². The van der Waals surface area contributed by atoms with Crippen LogP contribution in [0.5, 0.6) is 11.6 Å². The Hall–Kier alpha value is -2.45. The van der Waals surface area contributed by atoms with Gasteiger partial charge in [-0.15, -0.1) is 0 Å². The minimum Gasteiger partial charge on any atom is -0.496 e. The Morgan fingerprint density at radius 3 is 2.46 bits per heavy atom. The van der Waals surface area contributed by atoms with Gasteiger partial charge in [0.1, 0.15) is 5.75 Å². The molecule has 0 saturated carbocycles. The predicted octanol–water partition coefficient (Wildman–Crippen LogP) is 1.92. The van der Waals surface area contributed by atoms with E-state index in [1.807, 2.05) is 0 Å². The van der Waals surface area contributed by atoms with Crippen LogP contribution in [0.4, 0.5) is 0 Å². The monoisotopic (exact) mass is 349 g/mol. The molecule has 0 aliphatic heterocycles. The van der Waals surface area contributed by atoms with E-state index in [1.165, 1.54) is 39.4 Å². The van der Waals surface area contributed by atoms with Gasteiger partial charge in [0.2, 0.25) is 15.9 Å². The second-order valence-electron chi connectivity index (χ2n) is 5.25. The fraction of sp³-hybridized carbons (Fsp3) is 0.250. The summed E-state index contributed by atoms with van der Waals surface area (Å²) >= 11 is 0. The van der Waals surface area contributed by atoms with Crippen LogP contribution in [0.2, 0.25) is 0 Å². The van der Waals surface area contributed by atoms with E-state index >= 15 is 0 Å². The zero-order chi connectivity index (χ0) is 17.9. The average Bonchev–Trinajstić information content (AvgIpc) is 2.51. The van der Waals surface area contributed by atoms with E-state index in [9.17, 15) is 13.5 Å². The lowest BCUT2D eigenvalue weighted by Gasteiger charge is -2.13. The zero-order valence-corrected chi connectivity index (χ0v) is 14.7. The van der Waals surface area contributed by atoms with E-state index in [-0.39, 0.29) is 10.8 Å². The third-order valence-electron chi connectivity index (χ3n) is 3.25. The number of aromatic hydroxyl groups is 1. The molecule has 0 saturated heterocycles. The topological polar surface area (TPSA) is 92.6 Å². The Morgan fingerprint density at radius 2 is 1.88 bits per heavy atom. The van der Waals surface area contributed by atoms with Crippen LogP contribution in [-0.2, 0) is 10.0 Å². The van der Waals surface area contributed by atoms with Crippen molar-refractivity contribution in [1.29, 1.82) is 0 Å². The van der Waals surface area contributed by atoms with Crippen molar-refractivity contribution in [2.24, 2.45) is 0 Å². The maximum absolute atomic E-state index is 12.3. The largest absolute Gasteiger partial charge is 0.496 e. The standard InChI is InChI=1S/C16H19N3O4S/c1-11-9-16(20)18-15(17-11)8-5-12-10-13(6-7-14(12)23-4)24(21,22)19(2)3/h5-10H,1-4H3,(H,17,18,20). The van der Waals surface area contributed by atoms with Crippen molar-refractivity contribution in [2.45, 2.75) is 11.8 Å². The number of sulfonamides is 1. The van der Waals surface area contributed by atoms with E-state index in [4.69, 9.17) is 4.74 Å². The quantitative estimate of drug-likeness (QED) is 0.886. The Balaban J connectivity index is 2.46. The second-order valence-corrected chi connectivity index (χ2v) is 7.40. The lowest BCUT2D eigenvalue weighted by Crippen LogP contribution is -2.22. The van der Waals surface area contributed by atoms with Crippen LogP contribution in [0.25, 0.3) is 12.2 Å². The molecule has 0 aliphatic rings. The fourth-order valence-electron chi connectivity index (χ4n) is 2.03. The average molecular weight is 349 g/mol. The highest BCUT2D eigenvalue weighted by atomic mass is 32.2. The number of hydrogen-bond acceptors (Lipinski definition) is 6. The molecule has 1 aromatic heterocycles. The zero-order valence-electron chi connectivity index (χ0n) is 13.9. The fourth-order valence-corrected chi connectivity index (χ4v) is 2.96. The highest BCUT2D eigenvalue weighted by Gasteiger charge is 2.18. The molecule has 8 heteroatoms. The molecule has 2 rings (SSSR count). The van der Waals surface area contributed by atoms with Crippen LogP contribution in [0, 0.1) is 6.92 Å². The summed E-state index contributed by atoms with van der Waals surface area (Å²) in [6, 6.07) is 6.04. The molecule has 0 radical (unpaired) electrons. The molecule has 0 amide bonds. The highest BCUT2D eigenvalue weighted by molar-refractivity contribution is 7.89. The Kier molecular flexibility index (Phi) is 5.20. The maximum Gasteiger partial charge on any atom is 0.242 e. The van der Waals surface area contributed by atoms with Crippen molar-refractivity contribution in [3.05, 3.63) is 41.3 Å². The molecule has 0 spiro atoms. The van der Waals surface area contributed by atoms with Gasteiger partial charge in [0.05, 0.1) is 12.0 Å². The summed E-state index contributed by atoms with van der Waals surface area (Å²) in [5, 5.41) is 9.51. The Morgan fingerprint density at radius 1 is 1.17 bits per heavy atom. The first kappa shape index (κ1) is 17.9. The molecule has 0 unspecified atom stereocenters. The summed E-state index contributed by atoms with van der Waals surface area (Å²) in [6.07, 6.45) is 3.22. The molecule has 128 valence electrons. The first-order valence-corrected chi connectivity index (χ1v) is 8.51. The third kappa shape index (κ3) is 3.90. The number of benzene rings is 1. The summed E-state index contributed by atoms with van der Waals surface area (Å²) in [7, 11) is 0.895. The summed E-state index contributed by atoms with van der Waals surface area (Å²) in [5.74, 6) is 0.703. The van der Waals surface area contributed by atoms with Crippen molar-refractivity contribution in [2.75, 3.05) is 21.2 Å². The number of hydrogen-bond donors (Lipinski definition) is 1. The van der Waals surface area contributed by atoms with Crippen LogP contribution in [-0.4, -0.2) is 49.0 Å². The van der Waals surface area contributed by atoms with Crippen molar-refractivity contribution in [3.63, 3.8) is 0 Å². The first-order chi connectivity index (χ1) is 11.2. The number of rotatable bonds is 5. The molecular formula is C16H19N3O4S. The van der Waals surface area contributed by atoms with Gasteiger partial charge in [0.25, 0.3) is 0 Å². The molecule has 24 heavy (non-hydrogen) atoms. The van der Waals surface area contributed by atoms with Gasteiger partial charge in [0, 0.05) is 31.4 Å². The number of methoxy groups -OCH3 is 1. The minimum atomic E-state index is -3.55. The molecule has 1 heterocycles. The lowest BCUT2D eigenvalue weighted by molar-refractivity contribution is 0.413. The van der Waals surface area contributed by atoms with Crippen molar-refractivity contribution < 1.29 is 18.3 Å². The van der Waals surface area contributed by atoms with Crippen molar-refractivity contribution in [3.8, 4) is 11.6 Å². The normalized spacial score (nSPS) is 12.0. The van der Waals surface area contributed by atoms with Gasteiger partial charge in [-0.25, -0.2) is 17.7 Å². The SMILES string of the molecule is COc1ccc(S(=O)(=O)N(C)C)cc1C=Cc1nc(C)cc(O)n1. The molecule has 0 atom stereocenters. The van der Waals surface area contributed by atoms with E-state index in [0.29, 0.717) is 22.8 Å². The maximum atomic E-state index is 12.3. The molecular weight excluding hydrogens is 330 g/mol.